The smallest absolute Gasteiger partial charge is 0.126 e. The van der Waals surface area contributed by atoms with E-state index in [9.17, 15) is 9.50 Å². The molecule has 0 aliphatic carbocycles. The second-order valence-electron chi connectivity index (χ2n) is 7.12. The molecule has 1 aliphatic rings. The zero-order chi connectivity index (χ0) is 21.1. The van der Waals surface area contributed by atoms with Crippen LogP contribution in [0.3, 0.4) is 0 Å². The fourth-order valence-corrected chi connectivity index (χ4v) is 3.82. The number of hydrogen-bond acceptors (Lipinski definition) is 4. The van der Waals surface area contributed by atoms with E-state index in [0.29, 0.717) is 29.2 Å². The molecule has 1 heterocycles. The van der Waals surface area contributed by atoms with Crippen LogP contribution in [0.25, 0.3) is 0 Å². The van der Waals surface area contributed by atoms with Gasteiger partial charge in [-0.2, -0.15) is 0 Å². The molecule has 3 aromatic carbocycles. The Bertz CT molecular complexity index is 1070. The quantitative estimate of drug-likeness (QED) is 0.543. The van der Waals surface area contributed by atoms with Crippen molar-refractivity contribution in [2.75, 3.05) is 6.61 Å². The van der Waals surface area contributed by atoms with Crippen molar-refractivity contribution >= 4 is 17.3 Å². The summed E-state index contributed by atoms with van der Waals surface area (Å²) >= 11 is 6.18. The number of nitrogens with one attached hydrogen (secondary N) is 1. The van der Waals surface area contributed by atoms with E-state index in [1.54, 1.807) is 24.3 Å². The maximum atomic E-state index is 13.8. The number of phenols is 1. The topological polar surface area (TPSA) is 53.8 Å². The lowest BCUT2D eigenvalue weighted by molar-refractivity contribution is 0.340. The zero-order valence-electron chi connectivity index (χ0n) is 16.5. The zero-order valence-corrected chi connectivity index (χ0v) is 17.2. The first kappa shape index (κ1) is 20.4. The molecule has 0 unspecified atom stereocenters. The summed E-state index contributed by atoms with van der Waals surface area (Å²) in [6.45, 7) is 2.54. The highest BCUT2D eigenvalue weighted by Gasteiger charge is 2.28. The molecule has 2 atom stereocenters. The molecule has 0 bridgehead atoms. The normalized spacial score (nSPS) is 18.7. The van der Waals surface area contributed by atoms with Gasteiger partial charge in [-0.3, -0.25) is 10.3 Å². The van der Waals surface area contributed by atoms with Gasteiger partial charge in [-0.25, -0.2) is 4.39 Å². The number of aliphatic imine (C=N–C) groups is 1. The molecule has 0 spiro atoms. The Hall–Kier alpha value is -2.89. The molecule has 0 amide bonds. The van der Waals surface area contributed by atoms with Crippen molar-refractivity contribution in [1.29, 1.82) is 0 Å². The van der Waals surface area contributed by atoms with Crippen molar-refractivity contribution in [2.24, 2.45) is 4.99 Å². The highest BCUT2D eigenvalue weighted by atomic mass is 35.5. The predicted octanol–water partition coefficient (Wildman–Crippen LogP) is 5.81. The summed E-state index contributed by atoms with van der Waals surface area (Å²) in [5, 5.41) is 14.4. The van der Waals surface area contributed by atoms with Crippen LogP contribution in [0.15, 0.2) is 71.7 Å². The van der Waals surface area contributed by atoms with Crippen molar-refractivity contribution in [1.82, 2.24) is 5.32 Å². The highest BCUT2D eigenvalue weighted by molar-refractivity contribution is 6.30. The second kappa shape index (κ2) is 8.86. The van der Waals surface area contributed by atoms with Crippen LogP contribution in [-0.2, 0) is 0 Å². The van der Waals surface area contributed by atoms with Gasteiger partial charge in [0.1, 0.15) is 23.5 Å². The largest absolute Gasteiger partial charge is 0.508 e. The Morgan fingerprint density at radius 2 is 1.93 bits per heavy atom. The summed E-state index contributed by atoms with van der Waals surface area (Å²) in [6.07, 6.45) is 0.0904. The molecule has 1 aliphatic heterocycles. The summed E-state index contributed by atoms with van der Waals surface area (Å²) in [5.41, 5.74) is 3.20. The van der Waals surface area contributed by atoms with Gasteiger partial charge in [0, 0.05) is 28.8 Å². The molecule has 0 radical (unpaired) electrons. The van der Waals surface area contributed by atoms with E-state index >= 15 is 0 Å². The second-order valence-corrected chi connectivity index (χ2v) is 7.55. The Morgan fingerprint density at radius 3 is 2.67 bits per heavy atom. The minimum absolute atomic E-state index is 0.155. The van der Waals surface area contributed by atoms with Crippen molar-refractivity contribution in [3.8, 4) is 11.5 Å². The first-order chi connectivity index (χ1) is 14.5. The molecule has 6 heteroatoms. The summed E-state index contributed by atoms with van der Waals surface area (Å²) in [4.78, 5) is 4.85. The van der Waals surface area contributed by atoms with Crippen LogP contribution in [0.1, 0.15) is 42.2 Å². The number of nitrogens with zero attached hydrogens (tertiary/aromatic N) is 1. The third-order valence-corrected chi connectivity index (χ3v) is 5.30. The van der Waals surface area contributed by atoms with Crippen molar-refractivity contribution < 1.29 is 14.2 Å². The number of ether oxygens (including phenoxy) is 1. The predicted molar refractivity (Wildman–Crippen MR) is 117 cm³/mol. The molecule has 154 valence electrons. The number of aromatic hydroxyl groups is 1. The SMILES string of the molecule is CCOc1ccc(C2=N[C@@H](c3cccc(F)c3)N[C@@H](c3cc(Cl)ccc3O)C2)cc1. The molecule has 0 aromatic heterocycles. The number of halogens is 2. The maximum Gasteiger partial charge on any atom is 0.126 e. The monoisotopic (exact) mass is 424 g/mol. The van der Waals surface area contributed by atoms with Gasteiger partial charge in [0.25, 0.3) is 0 Å². The van der Waals surface area contributed by atoms with Crippen LogP contribution < -0.4 is 10.1 Å². The highest BCUT2D eigenvalue weighted by Crippen LogP contribution is 2.36. The molecule has 0 saturated heterocycles. The van der Waals surface area contributed by atoms with Crippen molar-refractivity contribution in [3.63, 3.8) is 0 Å². The lowest BCUT2D eigenvalue weighted by atomic mass is 9.93. The Kier molecular flexibility index (Phi) is 6.02. The average molecular weight is 425 g/mol. The molecule has 3 aromatic rings. The van der Waals surface area contributed by atoms with Crippen LogP contribution in [0.4, 0.5) is 4.39 Å². The molecular weight excluding hydrogens is 403 g/mol. The third kappa shape index (κ3) is 4.48. The minimum Gasteiger partial charge on any atom is -0.508 e. The summed E-state index contributed by atoms with van der Waals surface area (Å²) in [6, 6.07) is 18.9. The van der Waals surface area contributed by atoms with Gasteiger partial charge in [-0.05, 0) is 72.6 Å². The van der Waals surface area contributed by atoms with Gasteiger partial charge in [0.05, 0.1) is 6.61 Å². The van der Waals surface area contributed by atoms with Crippen LogP contribution in [0.5, 0.6) is 11.5 Å². The Morgan fingerprint density at radius 1 is 1.13 bits per heavy atom. The van der Waals surface area contributed by atoms with E-state index in [-0.39, 0.29) is 17.6 Å². The number of phenolic OH excluding ortho intramolecular Hbond substituents is 1. The molecular formula is C24H22ClFN2O2. The van der Waals surface area contributed by atoms with E-state index in [0.717, 1.165) is 17.0 Å². The van der Waals surface area contributed by atoms with Crippen LogP contribution in [0.2, 0.25) is 5.02 Å². The molecule has 4 rings (SSSR count). The fraction of sp³-hybridized carbons (Fsp3) is 0.208. The van der Waals surface area contributed by atoms with E-state index in [4.69, 9.17) is 21.3 Å². The lowest BCUT2D eigenvalue weighted by Gasteiger charge is -2.31. The first-order valence-corrected chi connectivity index (χ1v) is 10.2. The summed E-state index contributed by atoms with van der Waals surface area (Å²) < 4.78 is 19.4. The van der Waals surface area contributed by atoms with E-state index in [1.165, 1.54) is 12.1 Å². The van der Waals surface area contributed by atoms with Crippen molar-refractivity contribution in [3.05, 3.63) is 94.3 Å². The standard InChI is InChI=1S/C24H22ClFN2O2/c1-2-30-19-9-6-15(7-10-19)21-14-22(20-13-17(25)8-11-23(20)29)28-24(27-21)16-4-3-5-18(26)12-16/h3-13,22,24,28-29H,2,14H2,1H3/t22-,24-/m1/s1. The van der Waals surface area contributed by atoms with Gasteiger partial charge in [0.15, 0.2) is 0 Å². The third-order valence-electron chi connectivity index (χ3n) is 5.07. The molecule has 2 N–H and O–H groups in total. The Balaban J connectivity index is 1.73. The first-order valence-electron chi connectivity index (χ1n) is 9.83. The van der Waals surface area contributed by atoms with Gasteiger partial charge >= 0.3 is 0 Å². The Labute approximate surface area is 180 Å². The van der Waals surface area contributed by atoms with Gasteiger partial charge in [-0.15, -0.1) is 0 Å². The lowest BCUT2D eigenvalue weighted by Crippen LogP contribution is -2.33. The number of benzene rings is 3. The fourth-order valence-electron chi connectivity index (χ4n) is 3.64. The molecule has 0 fully saturated rings. The van der Waals surface area contributed by atoms with E-state index in [2.05, 4.69) is 5.32 Å². The van der Waals surface area contributed by atoms with E-state index in [1.807, 2.05) is 37.3 Å². The molecule has 30 heavy (non-hydrogen) atoms. The number of rotatable bonds is 5. The molecule has 4 nitrogen and oxygen atoms in total. The minimum atomic E-state index is -0.459. The van der Waals surface area contributed by atoms with Crippen LogP contribution >= 0.6 is 11.6 Å². The van der Waals surface area contributed by atoms with Gasteiger partial charge in [-0.1, -0.05) is 23.7 Å². The maximum absolute atomic E-state index is 13.8. The van der Waals surface area contributed by atoms with Crippen LogP contribution in [-0.4, -0.2) is 17.4 Å². The van der Waals surface area contributed by atoms with Crippen molar-refractivity contribution in [2.45, 2.75) is 25.6 Å². The van der Waals surface area contributed by atoms with Gasteiger partial charge in [0.2, 0.25) is 0 Å². The summed E-state index contributed by atoms with van der Waals surface area (Å²) in [5.74, 6) is 0.629. The van der Waals surface area contributed by atoms with Crippen LogP contribution in [0, 0.1) is 5.82 Å². The van der Waals surface area contributed by atoms with Gasteiger partial charge < -0.3 is 9.84 Å². The van der Waals surface area contributed by atoms with E-state index < -0.39 is 6.17 Å². The number of hydrogen-bond donors (Lipinski definition) is 2. The molecule has 0 saturated carbocycles. The average Bonchev–Trinajstić information content (AvgIpc) is 2.76. The summed E-state index contributed by atoms with van der Waals surface area (Å²) in [7, 11) is 0.